The second-order valence-corrected chi connectivity index (χ2v) is 10.00. The Labute approximate surface area is 195 Å². The van der Waals surface area contributed by atoms with Gasteiger partial charge in [-0.1, -0.05) is 29.8 Å². The van der Waals surface area contributed by atoms with Gasteiger partial charge in [0.2, 0.25) is 9.84 Å². The van der Waals surface area contributed by atoms with Crippen LogP contribution in [0.4, 0.5) is 0 Å². The van der Waals surface area contributed by atoms with Gasteiger partial charge in [-0.05, 0) is 104 Å². The van der Waals surface area contributed by atoms with E-state index in [4.69, 9.17) is 9.47 Å². The van der Waals surface area contributed by atoms with E-state index in [1.54, 1.807) is 55.6 Å². The van der Waals surface area contributed by atoms with Crippen LogP contribution in [0, 0.1) is 20.8 Å². The first-order chi connectivity index (χ1) is 15.8. The Bertz CT molecular complexity index is 1390. The summed E-state index contributed by atoms with van der Waals surface area (Å²) in [6.07, 6.45) is 0. The second kappa shape index (κ2) is 9.12. The molecule has 0 amide bonds. The van der Waals surface area contributed by atoms with Crippen LogP contribution in [0.3, 0.4) is 0 Å². The third-order valence-electron chi connectivity index (χ3n) is 5.62. The van der Waals surface area contributed by atoms with E-state index in [2.05, 4.69) is 13.0 Å². The van der Waals surface area contributed by atoms with E-state index < -0.39 is 9.84 Å². The predicted molar refractivity (Wildman–Crippen MR) is 131 cm³/mol. The molecule has 0 spiro atoms. The molecule has 33 heavy (non-hydrogen) atoms. The molecule has 0 heterocycles. The van der Waals surface area contributed by atoms with Crippen LogP contribution in [-0.2, 0) is 9.84 Å². The van der Waals surface area contributed by atoms with Crippen LogP contribution >= 0.6 is 0 Å². The van der Waals surface area contributed by atoms with Gasteiger partial charge in [-0.3, -0.25) is 0 Å². The van der Waals surface area contributed by atoms with Crippen LogP contribution in [0.1, 0.15) is 16.7 Å². The number of rotatable bonds is 6. The van der Waals surface area contributed by atoms with Crippen molar-refractivity contribution in [1.29, 1.82) is 0 Å². The Morgan fingerprint density at radius 1 is 0.576 bits per heavy atom. The zero-order valence-corrected chi connectivity index (χ0v) is 19.9. The maximum atomic E-state index is 12.9. The van der Waals surface area contributed by atoms with Gasteiger partial charge in [-0.2, -0.15) is 0 Å². The van der Waals surface area contributed by atoms with Crippen molar-refractivity contribution in [3.63, 3.8) is 0 Å². The first-order valence-electron chi connectivity index (χ1n) is 10.6. The van der Waals surface area contributed by atoms with E-state index in [1.807, 2.05) is 44.2 Å². The number of aryl methyl sites for hydroxylation is 3. The second-order valence-electron chi connectivity index (χ2n) is 8.05. The molecule has 5 heteroatoms. The number of methoxy groups -OCH3 is 1. The molecule has 4 rings (SSSR count). The van der Waals surface area contributed by atoms with Crippen LogP contribution in [-0.4, -0.2) is 15.5 Å². The highest BCUT2D eigenvalue weighted by Crippen LogP contribution is 2.33. The lowest BCUT2D eigenvalue weighted by molar-refractivity contribution is 0.414. The molecule has 0 fully saturated rings. The maximum absolute atomic E-state index is 12.9. The highest BCUT2D eigenvalue weighted by molar-refractivity contribution is 7.91. The zero-order chi connectivity index (χ0) is 23.6. The molecule has 0 aliphatic heterocycles. The molecule has 0 unspecified atom stereocenters. The Morgan fingerprint density at radius 3 is 1.55 bits per heavy atom. The first-order valence-corrected chi connectivity index (χ1v) is 12.1. The Balaban J connectivity index is 1.54. The fourth-order valence-electron chi connectivity index (χ4n) is 3.74. The summed E-state index contributed by atoms with van der Waals surface area (Å²) < 4.78 is 37.0. The Kier molecular flexibility index (Phi) is 6.25. The lowest BCUT2D eigenvalue weighted by Gasteiger charge is -2.13. The molecule has 0 radical (unpaired) electrons. The van der Waals surface area contributed by atoms with Gasteiger partial charge < -0.3 is 9.47 Å². The molecule has 0 saturated carbocycles. The lowest BCUT2D eigenvalue weighted by Crippen LogP contribution is -2.01. The van der Waals surface area contributed by atoms with Gasteiger partial charge in [-0.15, -0.1) is 0 Å². The van der Waals surface area contributed by atoms with Gasteiger partial charge in [0, 0.05) is 0 Å². The normalized spacial score (nSPS) is 11.3. The van der Waals surface area contributed by atoms with E-state index >= 15 is 0 Å². The summed E-state index contributed by atoms with van der Waals surface area (Å²) >= 11 is 0. The molecule has 0 atom stereocenters. The van der Waals surface area contributed by atoms with Crippen LogP contribution < -0.4 is 9.47 Å². The van der Waals surface area contributed by atoms with Crippen LogP contribution in [0.2, 0.25) is 0 Å². The quantitative estimate of drug-likeness (QED) is 0.315. The van der Waals surface area contributed by atoms with E-state index in [0.717, 1.165) is 33.6 Å². The van der Waals surface area contributed by atoms with Crippen molar-refractivity contribution in [2.24, 2.45) is 0 Å². The number of benzene rings is 4. The minimum atomic E-state index is -3.56. The van der Waals surface area contributed by atoms with E-state index in [-0.39, 0.29) is 9.79 Å². The molecule has 0 N–H and O–H groups in total. The number of ether oxygens (including phenoxy) is 2. The summed E-state index contributed by atoms with van der Waals surface area (Å²) in [5.74, 6) is 2.10. The predicted octanol–water partition coefficient (Wildman–Crippen LogP) is 6.91. The smallest absolute Gasteiger partial charge is 0.206 e. The van der Waals surface area contributed by atoms with Crippen molar-refractivity contribution in [3.05, 3.63) is 102 Å². The highest BCUT2D eigenvalue weighted by atomic mass is 32.2. The maximum Gasteiger partial charge on any atom is 0.206 e. The van der Waals surface area contributed by atoms with Gasteiger partial charge in [0.1, 0.15) is 17.2 Å². The minimum Gasteiger partial charge on any atom is -0.497 e. The fourth-order valence-corrected chi connectivity index (χ4v) is 5.00. The third kappa shape index (κ3) is 4.78. The van der Waals surface area contributed by atoms with Gasteiger partial charge in [0.15, 0.2) is 0 Å². The topological polar surface area (TPSA) is 52.6 Å². The van der Waals surface area contributed by atoms with E-state index in [1.165, 1.54) is 0 Å². The highest BCUT2D eigenvalue weighted by Gasteiger charge is 2.17. The van der Waals surface area contributed by atoms with Crippen LogP contribution in [0.15, 0.2) is 94.7 Å². The van der Waals surface area contributed by atoms with Crippen LogP contribution in [0.25, 0.3) is 11.1 Å². The standard InChI is InChI=1S/C28H26O4S/c1-19-5-11-25(12-6-19)33(29,30)26-13-7-22(8-14-26)32-24-10-16-28(21(3)18-24)27-15-9-23(31-4)17-20(27)2/h5-18H,1-4H3. The Hall–Kier alpha value is -3.57. The van der Waals surface area contributed by atoms with Gasteiger partial charge in [-0.25, -0.2) is 8.42 Å². The molecule has 0 bridgehead atoms. The molecule has 0 aliphatic carbocycles. The number of sulfone groups is 1. The van der Waals surface area contributed by atoms with Crippen molar-refractivity contribution in [3.8, 4) is 28.4 Å². The molecule has 168 valence electrons. The molecule has 0 aliphatic rings. The van der Waals surface area contributed by atoms with Crippen molar-refractivity contribution in [1.82, 2.24) is 0 Å². The zero-order valence-electron chi connectivity index (χ0n) is 19.1. The molecule has 4 nitrogen and oxygen atoms in total. The largest absolute Gasteiger partial charge is 0.497 e. The number of hydrogen-bond acceptors (Lipinski definition) is 4. The molecular formula is C28H26O4S. The van der Waals surface area contributed by atoms with Gasteiger partial charge in [0.05, 0.1) is 16.9 Å². The average Bonchev–Trinajstić information content (AvgIpc) is 2.80. The van der Waals surface area contributed by atoms with Crippen LogP contribution in [0.5, 0.6) is 17.2 Å². The number of hydrogen-bond donors (Lipinski definition) is 0. The van der Waals surface area contributed by atoms with E-state index in [9.17, 15) is 8.42 Å². The van der Waals surface area contributed by atoms with Gasteiger partial charge >= 0.3 is 0 Å². The monoisotopic (exact) mass is 458 g/mol. The summed E-state index contributed by atoms with van der Waals surface area (Å²) in [5.41, 5.74) is 5.50. The summed E-state index contributed by atoms with van der Waals surface area (Å²) in [6.45, 7) is 6.03. The average molecular weight is 459 g/mol. The summed E-state index contributed by atoms with van der Waals surface area (Å²) in [7, 11) is -1.90. The Morgan fingerprint density at radius 2 is 1.03 bits per heavy atom. The van der Waals surface area contributed by atoms with Crippen molar-refractivity contribution in [2.75, 3.05) is 7.11 Å². The van der Waals surface area contributed by atoms with Crippen molar-refractivity contribution >= 4 is 9.84 Å². The lowest BCUT2D eigenvalue weighted by atomic mass is 9.96. The van der Waals surface area contributed by atoms with Crippen molar-refractivity contribution in [2.45, 2.75) is 30.6 Å². The molecule has 0 saturated heterocycles. The molecule has 4 aromatic carbocycles. The first kappa shape index (κ1) is 22.6. The summed E-state index contributed by atoms with van der Waals surface area (Å²) in [4.78, 5) is 0.516. The fraction of sp³-hybridized carbons (Fsp3) is 0.143. The van der Waals surface area contributed by atoms with Crippen molar-refractivity contribution < 1.29 is 17.9 Å². The summed E-state index contributed by atoms with van der Waals surface area (Å²) in [5, 5.41) is 0. The molecular weight excluding hydrogens is 432 g/mol. The summed E-state index contributed by atoms with van der Waals surface area (Å²) in [6, 6.07) is 25.3. The van der Waals surface area contributed by atoms with Gasteiger partial charge in [0.25, 0.3) is 0 Å². The third-order valence-corrected chi connectivity index (χ3v) is 7.41. The molecule has 4 aromatic rings. The van der Waals surface area contributed by atoms with E-state index in [0.29, 0.717) is 11.5 Å². The SMILES string of the molecule is COc1ccc(-c2ccc(Oc3ccc(S(=O)(=O)c4ccc(C)cc4)cc3)cc2C)c(C)c1. The minimum absolute atomic E-state index is 0.236. The molecule has 0 aromatic heterocycles.